The second-order valence-electron chi connectivity index (χ2n) is 31.8. The molecule has 30 heteroatoms. The Morgan fingerprint density at radius 1 is 0.549 bits per heavy atom. The van der Waals surface area contributed by atoms with Crippen molar-refractivity contribution in [3.05, 3.63) is 179 Å². The molecular weight excluding hydrogens is 1460 g/mol. The van der Waals surface area contributed by atoms with Crippen LogP contribution >= 0.6 is 12.2 Å². The van der Waals surface area contributed by atoms with Crippen LogP contribution in [0.3, 0.4) is 0 Å². The van der Waals surface area contributed by atoms with Gasteiger partial charge in [0.15, 0.2) is 5.78 Å². The zero-order valence-electron chi connectivity index (χ0n) is 65.0. The number of ketones is 1. The fraction of sp³-hybridized carbons (Fsp3) is 0.434. The van der Waals surface area contributed by atoms with E-state index in [1.165, 1.54) is 19.2 Å². The van der Waals surface area contributed by atoms with Crippen molar-refractivity contribution < 1.29 is 62.5 Å². The number of benzene rings is 6. The minimum absolute atomic E-state index is 0.0186. The zero-order chi connectivity index (χ0) is 80.6. The molecule has 15 rings (SSSR count). The highest BCUT2D eigenvalue weighted by atomic mass is 32.1. The average Bonchev–Trinajstić information content (AvgIpc) is 1.64. The summed E-state index contributed by atoms with van der Waals surface area (Å²) in [6.07, 6.45) is 3.51. The summed E-state index contributed by atoms with van der Waals surface area (Å²) >= 11 is 5.43. The van der Waals surface area contributed by atoms with Gasteiger partial charge in [0.1, 0.15) is 79.0 Å². The second-order valence-corrected chi connectivity index (χ2v) is 32.1. The van der Waals surface area contributed by atoms with E-state index in [0.29, 0.717) is 39.7 Å². The van der Waals surface area contributed by atoms with Gasteiger partial charge >= 0.3 is 5.97 Å². The fourth-order valence-electron chi connectivity index (χ4n) is 14.9. The SMILES string of the molecule is CN[C@@H](C)C(=O)N[C@H](C(=O)N1CC[C@@H]2[C@H]1C(=O)N[C@@H](Cc1ccc3ccccc3c1)C(=O)C[C@H](C1=NC(=S)OC1)Cc1ccc(cc1)OCc1cn(nn1)[C@@H]1CCN(C(=O)[C@@H](NC(=O)[C@H](C)NC)C(C)(C)C)[C@@H]1C(=O)N[C@@H](Cc1ccc3ccccc3c1)C(=O)N[C@H](C(=O)O)Cc1ccc(cc1)OCc1cn2nn1)C(C)(C)C. The van der Waals surface area contributed by atoms with E-state index in [4.69, 9.17) is 26.4 Å². The topological polar surface area (TPSA) is 366 Å². The number of aliphatic carboxylic acids is 1. The van der Waals surface area contributed by atoms with Crippen molar-refractivity contribution in [2.24, 2.45) is 21.7 Å². The van der Waals surface area contributed by atoms with E-state index in [1.807, 2.05) is 118 Å². The average molecular weight is 1560 g/mol. The Morgan fingerprint density at radius 2 is 0.991 bits per heavy atom. The highest BCUT2D eigenvalue weighted by Crippen LogP contribution is 2.36. The molecule has 2 aromatic heterocycles. The van der Waals surface area contributed by atoms with Gasteiger partial charge < -0.3 is 66.3 Å². The molecular formula is C83H98N16O13S. The number of amides is 7. The largest absolute Gasteiger partial charge is 0.487 e. The molecule has 9 heterocycles. The smallest absolute Gasteiger partial charge is 0.326 e. The van der Waals surface area contributed by atoms with E-state index in [0.717, 1.165) is 32.7 Å². The first-order valence-corrected chi connectivity index (χ1v) is 38.6. The van der Waals surface area contributed by atoms with E-state index in [2.05, 4.69) is 62.8 Å². The van der Waals surface area contributed by atoms with Gasteiger partial charge in [-0.15, -0.1) is 10.2 Å². The number of likely N-dealkylation sites (tertiary alicyclic amines) is 2. The van der Waals surface area contributed by atoms with Crippen molar-refractivity contribution >= 4 is 97.8 Å². The summed E-state index contributed by atoms with van der Waals surface area (Å²) in [6, 6.07) is 28.6. The molecule has 7 aliphatic rings. The Kier molecular flexibility index (Phi) is 25.2. The van der Waals surface area contributed by atoms with Crippen LogP contribution in [0.25, 0.3) is 21.5 Å². The van der Waals surface area contributed by atoms with Crippen molar-refractivity contribution in [1.82, 2.24) is 77.0 Å². The standard InChI is InChI=1S/C83H98N16O13S/c1-47(84-9)73(101)90-71(82(3,4)5)78(106)96-33-31-66-69(96)76(104)86-62(39-51-19-25-53-15-11-13-17-55(53)36-51)68(100)41-57(65-46-112-81(113)89-65)35-49-21-27-60(28-22-49)110-44-59-43-99(95-93-59)67-32-34-97(79(107)72(83(6,7)8)91-74(102)48(2)85-10)70(67)77(105)87-63(40-52-20-26-54-16-12-14-18-56(54)37-52)75(103)88-64(80(108)109)38-50-23-29-61(30-24-50)111-45-58-42-98(66)94-92-58/h11-30,36-37,42-43,47-48,57,62-64,66-67,69-72,84-85H,31-35,38-41,44-46H2,1-10H3,(H,86,104)(H,87,105)(H,88,103)(H,90,101)(H,91,102)(H,108,109)/t47-,48-,57+,62-,63-,64-,66+,67+,69-,70-,71+,72+/m0/s1. The summed E-state index contributed by atoms with van der Waals surface area (Å²) < 4.78 is 21.3. The van der Waals surface area contributed by atoms with Gasteiger partial charge in [-0.2, -0.15) is 0 Å². The van der Waals surface area contributed by atoms with Crippen molar-refractivity contribution in [3.63, 3.8) is 0 Å². The van der Waals surface area contributed by atoms with E-state index < -0.39 is 131 Å². The molecule has 2 fully saturated rings. The molecule has 6 aromatic carbocycles. The van der Waals surface area contributed by atoms with E-state index >= 15 is 28.8 Å². The Balaban J connectivity index is 0.899. The zero-order valence-corrected chi connectivity index (χ0v) is 65.9. The summed E-state index contributed by atoms with van der Waals surface area (Å²) in [5.74, 6) is -5.68. The number of carbonyl (C=O) groups excluding carboxylic acids is 8. The third kappa shape index (κ3) is 19.6. The Morgan fingerprint density at radius 3 is 1.42 bits per heavy atom. The number of aromatic nitrogens is 6. The van der Waals surface area contributed by atoms with Gasteiger partial charge in [-0.3, -0.25) is 38.4 Å². The molecule has 8 bridgehead atoms. The number of aliphatic imine (C=N–C) groups is 1. The molecule has 0 saturated carbocycles. The number of thiocarbonyl (C=S) groups is 1. The van der Waals surface area contributed by atoms with E-state index in [9.17, 15) is 19.5 Å². The molecule has 12 atom stereocenters. The van der Waals surface area contributed by atoms with Crippen LogP contribution in [0.4, 0.5) is 0 Å². The molecule has 29 nitrogen and oxygen atoms in total. The molecule has 8 N–H and O–H groups in total. The van der Waals surface area contributed by atoms with Crippen LogP contribution in [0.2, 0.25) is 0 Å². The van der Waals surface area contributed by atoms with Crippen LogP contribution in [0.5, 0.6) is 11.5 Å². The summed E-state index contributed by atoms with van der Waals surface area (Å²) in [5.41, 5.74) is 2.17. The van der Waals surface area contributed by atoms with Crippen LogP contribution < -0.4 is 46.7 Å². The number of carboxylic acids is 1. The predicted octanol–water partition coefficient (Wildman–Crippen LogP) is 6.05. The fourth-order valence-corrected chi connectivity index (χ4v) is 15.1. The lowest BCUT2D eigenvalue weighted by Crippen LogP contribution is -2.61. The Hall–Kier alpha value is -11.4. The highest BCUT2D eigenvalue weighted by molar-refractivity contribution is 7.80. The number of fused-ring (bicyclic) bond motifs is 2. The molecule has 0 unspecified atom stereocenters. The van der Waals surface area contributed by atoms with Crippen molar-refractivity contribution in [2.45, 2.75) is 180 Å². The molecule has 113 heavy (non-hydrogen) atoms. The van der Waals surface area contributed by atoms with Crippen LogP contribution in [-0.2, 0) is 86.8 Å². The number of nitrogens with zero attached hydrogens (tertiary/aromatic N) is 9. The quantitative estimate of drug-likeness (QED) is 0.0574. The normalized spacial score (nSPS) is 22.1. The number of likely N-dealkylation sites (N-methyl/N-ethyl adjacent to an activating group) is 2. The third-order valence-corrected chi connectivity index (χ3v) is 21.8. The molecule has 2 saturated heterocycles. The first kappa shape index (κ1) is 81.1. The molecule has 0 spiro atoms. The van der Waals surface area contributed by atoms with Gasteiger partial charge in [-0.1, -0.05) is 161 Å². The number of ether oxygens (including phenoxy) is 3. The molecule has 8 aromatic rings. The second kappa shape index (κ2) is 35.1. The minimum atomic E-state index is -1.53. The first-order valence-electron chi connectivity index (χ1n) is 38.2. The van der Waals surface area contributed by atoms with Crippen molar-refractivity contribution in [1.29, 1.82) is 0 Å². The molecule has 0 radical (unpaired) electrons. The minimum Gasteiger partial charge on any atom is -0.487 e. The number of carbonyl (C=O) groups is 9. The lowest BCUT2D eigenvalue weighted by molar-refractivity contribution is -0.145. The van der Waals surface area contributed by atoms with Crippen molar-refractivity contribution in [3.8, 4) is 11.5 Å². The van der Waals surface area contributed by atoms with Crippen LogP contribution in [0.1, 0.15) is 120 Å². The maximum absolute atomic E-state index is 15.8. The van der Waals surface area contributed by atoms with Crippen LogP contribution in [-0.4, -0.2) is 197 Å². The van der Waals surface area contributed by atoms with E-state index in [-0.39, 0.29) is 88.8 Å². The van der Waals surface area contributed by atoms with Gasteiger partial charge in [0, 0.05) is 38.3 Å². The monoisotopic (exact) mass is 1560 g/mol. The van der Waals surface area contributed by atoms with Crippen LogP contribution in [0, 0.1) is 16.7 Å². The number of nitrogens with one attached hydrogen (secondary N) is 7. The van der Waals surface area contributed by atoms with Crippen molar-refractivity contribution in [2.75, 3.05) is 33.8 Å². The molecule has 594 valence electrons. The summed E-state index contributed by atoms with van der Waals surface area (Å²) in [6.45, 7) is 14.1. The van der Waals surface area contributed by atoms with Gasteiger partial charge in [0.25, 0.3) is 5.17 Å². The number of Topliss-reactive ketones (excluding diaryl/α,β-unsaturated/α-hetero) is 1. The Bertz CT molecular complexity index is 4900. The van der Waals surface area contributed by atoms with E-state index in [1.54, 1.807) is 97.5 Å². The number of rotatable bonds is 14. The van der Waals surface area contributed by atoms with Crippen LogP contribution in [0.15, 0.2) is 151 Å². The van der Waals surface area contributed by atoms with Gasteiger partial charge in [-0.25, -0.2) is 19.2 Å². The number of hydrogen-bond donors (Lipinski definition) is 8. The lowest BCUT2D eigenvalue weighted by atomic mass is 9.85. The van der Waals surface area contributed by atoms with Gasteiger partial charge in [-0.05, 0) is 145 Å². The Labute approximate surface area is 660 Å². The summed E-state index contributed by atoms with van der Waals surface area (Å²) in [7, 11) is 3.26. The molecule has 7 aliphatic heterocycles. The summed E-state index contributed by atoms with van der Waals surface area (Å²) in [4.78, 5) is 141. The number of hydrogen-bond acceptors (Lipinski definition) is 19. The summed E-state index contributed by atoms with van der Waals surface area (Å²) in [5, 5.41) is 53.1. The maximum atomic E-state index is 15.8. The molecule has 0 aliphatic carbocycles. The third-order valence-electron chi connectivity index (χ3n) is 21.6. The maximum Gasteiger partial charge on any atom is 0.326 e. The number of carboxylic acid groups (broad SMARTS) is 1. The molecule has 7 amide bonds. The first-order chi connectivity index (χ1) is 54.0. The predicted molar refractivity (Wildman–Crippen MR) is 425 cm³/mol. The highest BCUT2D eigenvalue weighted by Gasteiger charge is 2.51. The van der Waals surface area contributed by atoms with Gasteiger partial charge in [0.05, 0.1) is 48.3 Å². The lowest BCUT2D eigenvalue weighted by Gasteiger charge is -2.37. The van der Waals surface area contributed by atoms with Gasteiger partial charge in [0.2, 0.25) is 41.4 Å².